The lowest BCUT2D eigenvalue weighted by molar-refractivity contribution is -0.135. The molecule has 0 radical (unpaired) electrons. The highest BCUT2D eigenvalue weighted by atomic mass is 35.5. The molecule has 10 heteroatoms. The maximum Gasteiger partial charge on any atom is 0.348 e. The van der Waals surface area contributed by atoms with Crippen molar-refractivity contribution in [2.75, 3.05) is 32.8 Å². The Morgan fingerprint density at radius 2 is 1.74 bits per heavy atom. The van der Waals surface area contributed by atoms with Crippen LogP contribution in [-0.2, 0) is 19.6 Å². The second-order valence-corrected chi connectivity index (χ2v) is 9.11. The summed E-state index contributed by atoms with van der Waals surface area (Å²) >= 11 is 7.04. The molecule has 144 valence electrons. The van der Waals surface area contributed by atoms with Gasteiger partial charge in [-0.05, 0) is 35.7 Å². The maximum atomic E-state index is 12.6. The molecule has 7 nitrogen and oxygen atoms in total. The summed E-state index contributed by atoms with van der Waals surface area (Å²) in [6.45, 7) is 0.468. The van der Waals surface area contributed by atoms with Gasteiger partial charge >= 0.3 is 5.97 Å². The Balaban J connectivity index is 1.53. The van der Waals surface area contributed by atoms with Crippen molar-refractivity contribution in [2.45, 2.75) is 4.90 Å². The fourth-order valence-electron chi connectivity index (χ4n) is 2.62. The molecule has 0 spiro atoms. The van der Waals surface area contributed by atoms with Crippen molar-refractivity contribution in [1.82, 2.24) is 9.21 Å². The molecule has 0 N–H and O–H groups in total. The van der Waals surface area contributed by atoms with Crippen LogP contribution in [-0.4, -0.2) is 62.3 Å². The lowest BCUT2D eigenvalue weighted by Crippen LogP contribution is -2.51. The first kappa shape index (κ1) is 19.8. The molecular weight excluding hydrogens is 412 g/mol. The van der Waals surface area contributed by atoms with Crippen molar-refractivity contribution in [3.63, 3.8) is 0 Å². The summed E-state index contributed by atoms with van der Waals surface area (Å²) in [6, 6.07) is 9.31. The Morgan fingerprint density at radius 3 is 2.33 bits per heavy atom. The van der Waals surface area contributed by atoms with Crippen LogP contribution < -0.4 is 0 Å². The summed E-state index contributed by atoms with van der Waals surface area (Å²) in [7, 11) is -3.63. The molecule has 0 aliphatic carbocycles. The van der Waals surface area contributed by atoms with Crippen molar-refractivity contribution < 1.29 is 22.7 Å². The highest BCUT2D eigenvalue weighted by Gasteiger charge is 2.30. The number of carbonyl (C=O) groups is 2. The van der Waals surface area contributed by atoms with E-state index in [4.69, 9.17) is 16.3 Å². The summed E-state index contributed by atoms with van der Waals surface area (Å²) in [4.78, 5) is 26.1. The number of hydrogen-bond acceptors (Lipinski definition) is 6. The Kier molecular flexibility index (Phi) is 6.15. The smallest absolute Gasteiger partial charge is 0.348 e. The van der Waals surface area contributed by atoms with Gasteiger partial charge in [0.05, 0.1) is 4.90 Å². The Bertz CT molecular complexity index is 905. The van der Waals surface area contributed by atoms with Gasteiger partial charge in [-0.25, -0.2) is 13.2 Å². The van der Waals surface area contributed by atoms with E-state index in [2.05, 4.69) is 0 Å². The van der Waals surface area contributed by atoms with Crippen LogP contribution in [0.15, 0.2) is 46.7 Å². The Hall–Kier alpha value is -1.94. The summed E-state index contributed by atoms with van der Waals surface area (Å²) in [5.41, 5.74) is 0. The molecule has 1 saturated heterocycles. The van der Waals surface area contributed by atoms with E-state index in [9.17, 15) is 18.0 Å². The number of sulfonamides is 1. The highest BCUT2D eigenvalue weighted by Crippen LogP contribution is 2.20. The molecule has 1 fully saturated rings. The number of piperazine rings is 1. The van der Waals surface area contributed by atoms with Gasteiger partial charge < -0.3 is 9.64 Å². The van der Waals surface area contributed by atoms with Crippen molar-refractivity contribution in [3.05, 3.63) is 51.7 Å². The van der Waals surface area contributed by atoms with Crippen LogP contribution in [0.5, 0.6) is 0 Å². The molecule has 2 aromatic rings. The van der Waals surface area contributed by atoms with Gasteiger partial charge in [0.15, 0.2) is 6.61 Å². The normalized spacial score (nSPS) is 15.5. The van der Waals surface area contributed by atoms with Crippen molar-refractivity contribution in [1.29, 1.82) is 0 Å². The molecule has 3 rings (SSSR count). The van der Waals surface area contributed by atoms with E-state index < -0.39 is 16.0 Å². The van der Waals surface area contributed by atoms with Gasteiger partial charge in [-0.1, -0.05) is 17.7 Å². The van der Waals surface area contributed by atoms with Crippen LogP contribution in [0.4, 0.5) is 0 Å². The molecule has 1 amide bonds. The SMILES string of the molecule is O=C(OCC(=O)N1CCN(S(=O)(=O)c2ccc(Cl)cc2)CC1)c1cccs1. The number of ether oxygens (including phenoxy) is 1. The average Bonchev–Trinajstić information content (AvgIpc) is 3.21. The van der Waals surface area contributed by atoms with E-state index in [0.717, 1.165) is 0 Å². The number of amides is 1. The predicted molar refractivity (Wildman–Crippen MR) is 101 cm³/mol. The molecule has 27 heavy (non-hydrogen) atoms. The molecule has 0 unspecified atom stereocenters. The number of esters is 1. The molecule has 2 heterocycles. The second-order valence-electron chi connectivity index (χ2n) is 5.79. The van der Waals surface area contributed by atoms with Crippen LogP contribution in [0, 0.1) is 0 Å². The fraction of sp³-hybridized carbons (Fsp3) is 0.294. The minimum absolute atomic E-state index is 0.163. The van der Waals surface area contributed by atoms with Crippen LogP contribution in [0.25, 0.3) is 0 Å². The lowest BCUT2D eigenvalue weighted by Gasteiger charge is -2.33. The molecule has 0 atom stereocenters. The van der Waals surface area contributed by atoms with Gasteiger partial charge in [0.1, 0.15) is 4.88 Å². The summed E-state index contributed by atoms with van der Waals surface area (Å²) in [5.74, 6) is -0.884. The van der Waals surface area contributed by atoms with Crippen molar-refractivity contribution in [3.8, 4) is 0 Å². The third-order valence-corrected chi connectivity index (χ3v) is 7.11. The molecule has 0 bridgehead atoms. The largest absolute Gasteiger partial charge is 0.451 e. The standard InChI is InChI=1S/C17H17ClN2O5S2/c18-13-3-5-14(6-4-13)27(23,24)20-9-7-19(8-10-20)16(21)12-25-17(22)15-2-1-11-26-15/h1-6,11H,7-10,12H2. The third-order valence-electron chi connectivity index (χ3n) is 4.09. The molecule has 1 aliphatic heterocycles. The molecule has 1 aromatic heterocycles. The van der Waals surface area contributed by atoms with Crippen molar-refractivity contribution in [2.24, 2.45) is 0 Å². The third kappa shape index (κ3) is 4.67. The monoisotopic (exact) mass is 428 g/mol. The first-order valence-corrected chi connectivity index (χ1v) is 10.8. The van der Waals surface area contributed by atoms with Crippen LogP contribution in [0.3, 0.4) is 0 Å². The van der Waals surface area contributed by atoms with Crippen molar-refractivity contribution >= 4 is 44.8 Å². The van der Waals surface area contributed by atoms with Crippen LogP contribution >= 0.6 is 22.9 Å². The number of nitrogens with zero attached hydrogens (tertiary/aromatic N) is 2. The van der Waals surface area contributed by atoms with Gasteiger partial charge in [0, 0.05) is 31.2 Å². The number of benzene rings is 1. The van der Waals surface area contributed by atoms with Gasteiger partial charge in [-0.15, -0.1) is 11.3 Å². The fourth-order valence-corrected chi connectivity index (χ4v) is 4.78. The number of carbonyl (C=O) groups excluding carboxylic acids is 2. The van der Waals surface area contributed by atoms with Crippen LogP contribution in [0.2, 0.25) is 5.02 Å². The predicted octanol–water partition coefficient (Wildman–Crippen LogP) is 2.09. The average molecular weight is 429 g/mol. The zero-order valence-corrected chi connectivity index (χ0v) is 16.6. The first-order chi connectivity index (χ1) is 12.9. The number of halogens is 1. The van der Waals surface area contributed by atoms with Gasteiger partial charge in [-0.3, -0.25) is 4.79 Å². The number of rotatable bonds is 5. The molecule has 1 aromatic carbocycles. The van der Waals surface area contributed by atoms with E-state index in [1.807, 2.05) is 0 Å². The van der Waals surface area contributed by atoms with Gasteiger partial charge in [0.25, 0.3) is 5.91 Å². The van der Waals surface area contributed by atoms with Crippen LogP contribution in [0.1, 0.15) is 9.67 Å². The zero-order valence-electron chi connectivity index (χ0n) is 14.2. The minimum Gasteiger partial charge on any atom is -0.451 e. The first-order valence-electron chi connectivity index (χ1n) is 8.12. The van der Waals surface area contributed by atoms with Gasteiger partial charge in [-0.2, -0.15) is 4.31 Å². The quantitative estimate of drug-likeness (QED) is 0.681. The Labute approximate surface area is 166 Å². The van der Waals surface area contributed by atoms with Gasteiger partial charge in [0.2, 0.25) is 10.0 Å². The zero-order chi connectivity index (χ0) is 19.4. The van der Waals surface area contributed by atoms with E-state index in [1.54, 1.807) is 17.5 Å². The highest BCUT2D eigenvalue weighted by molar-refractivity contribution is 7.89. The molecular formula is C17H17ClN2O5S2. The topological polar surface area (TPSA) is 84.0 Å². The maximum absolute atomic E-state index is 12.6. The molecule has 1 aliphatic rings. The number of hydrogen-bond donors (Lipinski definition) is 0. The van der Waals surface area contributed by atoms with E-state index in [0.29, 0.717) is 9.90 Å². The van der Waals surface area contributed by atoms with E-state index in [-0.39, 0.29) is 43.6 Å². The minimum atomic E-state index is -3.63. The lowest BCUT2D eigenvalue weighted by atomic mass is 10.3. The summed E-state index contributed by atoms with van der Waals surface area (Å²) < 4.78 is 31.6. The summed E-state index contributed by atoms with van der Waals surface area (Å²) in [6.07, 6.45) is 0. The second kappa shape index (κ2) is 8.39. The van der Waals surface area contributed by atoms with E-state index in [1.165, 1.54) is 44.8 Å². The Morgan fingerprint density at radius 1 is 1.07 bits per heavy atom. The van der Waals surface area contributed by atoms with E-state index >= 15 is 0 Å². The number of thiophene rings is 1. The molecule has 0 saturated carbocycles. The summed E-state index contributed by atoms with van der Waals surface area (Å²) in [5, 5.41) is 2.21.